The van der Waals surface area contributed by atoms with Crippen LogP contribution in [0.25, 0.3) is 0 Å². The molecule has 0 aliphatic heterocycles. The number of carbonyl (C=O) groups is 1. The van der Waals surface area contributed by atoms with Crippen molar-refractivity contribution in [1.82, 2.24) is 4.98 Å². The molecule has 0 bridgehead atoms. The van der Waals surface area contributed by atoms with Gasteiger partial charge in [-0.05, 0) is 36.2 Å². The summed E-state index contributed by atoms with van der Waals surface area (Å²) in [6.45, 7) is 0.786. The third kappa shape index (κ3) is 3.32. The highest BCUT2D eigenvalue weighted by molar-refractivity contribution is 6.33. The molecule has 0 unspecified atom stereocenters. The lowest BCUT2D eigenvalue weighted by atomic mass is 10.1. The number of likely N-dealkylation sites (N-methyl/N-ethyl adjacent to an activating group) is 1. The van der Waals surface area contributed by atoms with E-state index in [1.165, 1.54) is 5.56 Å². The molecule has 0 fully saturated rings. The summed E-state index contributed by atoms with van der Waals surface area (Å²) in [5.41, 5.74) is 2.61. The van der Waals surface area contributed by atoms with E-state index < -0.39 is 0 Å². The lowest BCUT2D eigenvalue weighted by molar-refractivity contribution is 0.112. The highest BCUT2D eigenvalue weighted by atomic mass is 35.5. The van der Waals surface area contributed by atoms with E-state index in [2.05, 4.69) is 4.98 Å². The van der Waals surface area contributed by atoms with E-state index in [9.17, 15) is 4.79 Å². The first-order chi connectivity index (χ1) is 9.22. The zero-order chi connectivity index (χ0) is 13.7. The Bertz CT molecular complexity index is 557. The van der Waals surface area contributed by atoms with Crippen molar-refractivity contribution in [3.63, 3.8) is 0 Å². The Morgan fingerprint density at radius 3 is 2.68 bits per heavy atom. The summed E-state index contributed by atoms with van der Waals surface area (Å²) >= 11 is 6.17. The van der Waals surface area contributed by atoms with Gasteiger partial charge in [0.2, 0.25) is 0 Å². The Hall–Kier alpha value is -1.87. The Kier molecular flexibility index (Phi) is 4.53. The summed E-state index contributed by atoms with van der Waals surface area (Å²) in [7, 11) is 1.94. The molecule has 4 heteroatoms. The third-order valence-electron chi connectivity index (χ3n) is 3.01. The van der Waals surface area contributed by atoms with Gasteiger partial charge in [0, 0.05) is 31.5 Å². The van der Waals surface area contributed by atoms with Gasteiger partial charge in [0.25, 0.3) is 0 Å². The monoisotopic (exact) mass is 274 g/mol. The normalized spacial score (nSPS) is 10.2. The number of anilines is 1. The number of hydrogen-bond acceptors (Lipinski definition) is 3. The van der Waals surface area contributed by atoms with Crippen molar-refractivity contribution in [2.24, 2.45) is 0 Å². The van der Waals surface area contributed by atoms with E-state index in [-0.39, 0.29) is 0 Å². The molecule has 1 aromatic carbocycles. The lowest BCUT2D eigenvalue weighted by Gasteiger charge is -2.22. The van der Waals surface area contributed by atoms with Crippen molar-refractivity contribution < 1.29 is 4.79 Å². The quantitative estimate of drug-likeness (QED) is 0.785. The molecule has 3 nitrogen and oxygen atoms in total. The van der Waals surface area contributed by atoms with Crippen LogP contribution >= 0.6 is 11.6 Å². The summed E-state index contributed by atoms with van der Waals surface area (Å²) in [5, 5.41) is 0.599. The standard InChI is InChI=1S/C15H15ClN2O/c1-18(10-7-12-5-8-17-9-6-12)15-13(11-19)3-2-4-14(15)16/h2-6,8-9,11H,7,10H2,1H3. The number of para-hydroxylation sites is 1. The highest BCUT2D eigenvalue weighted by Crippen LogP contribution is 2.28. The van der Waals surface area contributed by atoms with Gasteiger partial charge in [-0.3, -0.25) is 9.78 Å². The number of benzene rings is 1. The molecule has 0 atom stereocenters. The largest absolute Gasteiger partial charge is 0.372 e. The minimum Gasteiger partial charge on any atom is -0.372 e. The zero-order valence-corrected chi connectivity index (χ0v) is 11.5. The molecule has 0 radical (unpaired) electrons. The van der Waals surface area contributed by atoms with Crippen molar-refractivity contribution in [2.75, 3.05) is 18.5 Å². The fourth-order valence-corrected chi connectivity index (χ4v) is 2.31. The van der Waals surface area contributed by atoms with Crippen LogP contribution < -0.4 is 4.90 Å². The first-order valence-corrected chi connectivity index (χ1v) is 6.44. The summed E-state index contributed by atoms with van der Waals surface area (Å²) < 4.78 is 0. The molecule has 2 aromatic rings. The molecular weight excluding hydrogens is 260 g/mol. The van der Waals surface area contributed by atoms with Gasteiger partial charge in [-0.2, -0.15) is 0 Å². The number of aldehydes is 1. The van der Waals surface area contributed by atoms with Gasteiger partial charge < -0.3 is 4.90 Å². The van der Waals surface area contributed by atoms with Gasteiger partial charge in [0.1, 0.15) is 0 Å². The first-order valence-electron chi connectivity index (χ1n) is 6.06. The Morgan fingerprint density at radius 1 is 1.26 bits per heavy atom. The zero-order valence-electron chi connectivity index (χ0n) is 10.7. The molecule has 2 rings (SSSR count). The molecule has 0 saturated heterocycles. The van der Waals surface area contributed by atoms with E-state index in [1.54, 1.807) is 30.6 Å². The van der Waals surface area contributed by atoms with Gasteiger partial charge >= 0.3 is 0 Å². The first kappa shape index (κ1) is 13.6. The maximum atomic E-state index is 11.1. The van der Waals surface area contributed by atoms with Crippen molar-refractivity contribution in [3.05, 3.63) is 58.9 Å². The van der Waals surface area contributed by atoms with Crippen molar-refractivity contribution in [2.45, 2.75) is 6.42 Å². The number of aromatic nitrogens is 1. The molecule has 0 N–H and O–H groups in total. The number of nitrogens with zero attached hydrogens (tertiary/aromatic N) is 2. The van der Waals surface area contributed by atoms with E-state index in [0.29, 0.717) is 10.6 Å². The van der Waals surface area contributed by atoms with Gasteiger partial charge in [0.05, 0.1) is 10.7 Å². The molecule has 19 heavy (non-hydrogen) atoms. The van der Waals surface area contributed by atoms with Crippen LogP contribution in [0.2, 0.25) is 5.02 Å². The van der Waals surface area contributed by atoms with Crippen LogP contribution in [-0.4, -0.2) is 24.9 Å². The molecule has 0 saturated carbocycles. The fourth-order valence-electron chi connectivity index (χ4n) is 1.99. The number of hydrogen-bond donors (Lipinski definition) is 0. The van der Waals surface area contributed by atoms with E-state index in [4.69, 9.17) is 11.6 Å². The van der Waals surface area contributed by atoms with Crippen LogP contribution in [0.15, 0.2) is 42.7 Å². The minimum absolute atomic E-state index is 0.599. The van der Waals surface area contributed by atoms with Crippen LogP contribution in [0.4, 0.5) is 5.69 Å². The Labute approximate surface area is 117 Å². The molecule has 0 spiro atoms. The van der Waals surface area contributed by atoms with Gasteiger partial charge in [0.15, 0.2) is 6.29 Å². The Morgan fingerprint density at radius 2 is 2.00 bits per heavy atom. The molecular formula is C15H15ClN2O. The maximum absolute atomic E-state index is 11.1. The molecule has 98 valence electrons. The van der Waals surface area contributed by atoms with Crippen molar-refractivity contribution in [3.8, 4) is 0 Å². The minimum atomic E-state index is 0.599. The number of rotatable bonds is 5. The topological polar surface area (TPSA) is 33.2 Å². The van der Waals surface area contributed by atoms with Crippen LogP contribution in [-0.2, 0) is 6.42 Å². The van der Waals surface area contributed by atoms with Gasteiger partial charge in [-0.25, -0.2) is 0 Å². The van der Waals surface area contributed by atoms with E-state index in [0.717, 1.165) is 24.9 Å². The SMILES string of the molecule is CN(CCc1ccncc1)c1c(Cl)cccc1C=O. The Balaban J connectivity index is 2.12. The molecule has 0 aliphatic rings. The van der Waals surface area contributed by atoms with Crippen molar-refractivity contribution >= 4 is 23.6 Å². The third-order valence-corrected chi connectivity index (χ3v) is 3.32. The van der Waals surface area contributed by atoms with Gasteiger partial charge in [-0.15, -0.1) is 0 Å². The van der Waals surface area contributed by atoms with E-state index >= 15 is 0 Å². The lowest BCUT2D eigenvalue weighted by Crippen LogP contribution is -2.22. The van der Waals surface area contributed by atoms with Crippen LogP contribution in [0.3, 0.4) is 0 Å². The summed E-state index contributed by atoms with van der Waals surface area (Å²) in [6, 6.07) is 9.33. The number of halogens is 1. The van der Waals surface area contributed by atoms with Crippen LogP contribution in [0, 0.1) is 0 Å². The van der Waals surface area contributed by atoms with Gasteiger partial charge in [-0.1, -0.05) is 17.7 Å². The summed E-state index contributed by atoms with van der Waals surface area (Å²) in [4.78, 5) is 17.1. The summed E-state index contributed by atoms with van der Waals surface area (Å²) in [5.74, 6) is 0. The maximum Gasteiger partial charge on any atom is 0.152 e. The fraction of sp³-hybridized carbons (Fsp3) is 0.200. The molecule has 1 aromatic heterocycles. The highest BCUT2D eigenvalue weighted by Gasteiger charge is 2.11. The average Bonchev–Trinajstić information content (AvgIpc) is 2.45. The molecule has 0 amide bonds. The predicted molar refractivity (Wildman–Crippen MR) is 78.1 cm³/mol. The van der Waals surface area contributed by atoms with Crippen LogP contribution in [0.5, 0.6) is 0 Å². The number of carbonyl (C=O) groups excluding carboxylic acids is 1. The smallest absolute Gasteiger partial charge is 0.152 e. The van der Waals surface area contributed by atoms with Crippen molar-refractivity contribution in [1.29, 1.82) is 0 Å². The summed E-state index contributed by atoms with van der Waals surface area (Å²) in [6.07, 6.45) is 5.27. The molecule has 1 heterocycles. The van der Waals surface area contributed by atoms with Crippen LogP contribution in [0.1, 0.15) is 15.9 Å². The predicted octanol–water partition coefficient (Wildman–Crippen LogP) is 3.23. The van der Waals surface area contributed by atoms with E-state index in [1.807, 2.05) is 24.1 Å². The second kappa shape index (κ2) is 6.34. The molecule has 0 aliphatic carbocycles. The second-order valence-corrected chi connectivity index (χ2v) is 4.73. The average molecular weight is 275 g/mol. The second-order valence-electron chi connectivity index (χ2n) is 4.32. The number of pyridine rings is 1.